The number of rotatable bonds is 6. The van der Waals surface area contributed by atoms with Gasteiger partial charge in [-0.05, 0) is 24.7 Å². The molecule has 0 spiro atoms. The molecule has 0 saturated heterocycles. The molecule has 0 aromatic rings. The smallest absolute Gasteiger partial charge is 0.0652 e. The second-order valence-corrected chi connectivity index (χ2v) is 6.62. The van der Waals surface area contributed by atoms with Crippen molar-refractivity contribution in [2.75, 3.05) is 20.8 Å². The van der Waals surface area contributed by atoms with Crippen LogP contribution in [0.2, 0.25) is 0 Å². The highest BCUT2D eigenvalue weighted by atomic mass is 16.5. The Morgan fingerprint density at radius 3 is 1.79 bits per heavy atom. The maximum Gasteiger partial charge on any atom is 0.0652 e. The van der Waals surface area contributed by atoms with Crippen molar-refractivity contribution in [2.45, 2.75) is 70.3 Å². The van der Waals surface area contributed by atoms with Gasteiger partial charge in [0.05, 0.1) is 12.7 Å². The molecule has 0 radical (unpaired) electrons. The van der Waals surface area contributed by atoms with Gasteiger partial charge >= 0.3 is 0 Å². The molecule has 2 aliphatic rings. The average molecular weight is 268 g/mol. The van der Waals surface area contributed by atoms with Crippen molar-refractivity contribution in [3.63, 3.8) is 0 Å². The SMILES string of the molecule is COCC(C1CCCCC1)C(OC)C1CCCCC1. The van der Waals surface area contributed by atoms with Crippen molar-refractivity contribution in [3.8, 4) is 0 Å². The van der Waals surface area contributed by atoms with Gasteiger partial charge in [-0.15, -0.1) is 0 Å². The minimum Gasteiger partial charge on any atom is -0.384 e. The molecule has 2 unspecified atom stereocenters. The molecule has 2 fully saturated rings. The lowest BCUT2D eigenvalue weighted by Gasteiger charge is -2.39. The van der Waals surface area contributed by atoms with Crippen molar-refractivity contribution < 1.29 is 9.47 Å². The lowest BCUT2D eigenvalue weighted by atomic mass is 9.72. The summed E-state index contributed by atoms with van der Waals surface area (Å²) in [5.41, 5.74) is 0. The summed E-state index contributed by atoms with van der Waals surface area (Å²) >= 11 is 0. The van der Waals surface area contributed by atoms with Gasteiger partial charge in [0.1, 0.15) is 0 Å². The zero-order valence-electron chi connectivity index (χ0n) is 12.9. The van der Waals surface area contributed by atoms with E-state index in [2.05, 4.69) is 0 Å². The van der Waals surface area contributed by atoms with Gasteiger partial charge in [0.2, 0.25) is 0 Å². The van der Waals surface area contributed by atoms with Crippen molar-refractivity contribution in [1.82, 2.24) is 0 Å². The summed E-state index contributed by atoms with van der Waals surface area (Å²) in [6.45, 7) is 0.889. The first kappa shape index (κ1) is 15.3. The fourth-order valence-corrected chi connectivity index (χ4v) is 4.43. The Bertz CT molecular complexity index is 229. The lowest BCUT2D eigenvalue weighted by Crippen LogP contribution is -2.40. The van der Waals surface area contributed by atoms with E-state index in [-0.39, 0.29) is 0 Å². The Labute approximate surface area is 119 Å². The van der Waals surface area contributed by atoms with Gasteiger partial charge in [-0.1, -0.05) is 51.4 Å². The first-order chi connectivity index (χ1) is 9.36. The van der Waals surface area contributed by atoms with Crippen LogP contribution in [0.3, 0.4) is 0 Å². The highest BCUT2D eigenvalue weighted by Crippen LogP contribution is 2.38. The van der Waals surface area contributed by atoms with Crippen LogP contribution < -0.4 is 0 Å². The molecule has 0 aromatic carbocycles. The molecular formula is C17H32O2. The first-order valence-electron chi connectivity index (χ1n) is 8.38. The summed E-state index contributed by atoms with van der Waals surface area (Å²) in [5.74, 6) is 2.24. The third-order valence-electron chi connectivity index (χ3n) is 5.42. The van der Waals surface area contributed by atoms with Crippen molar-refractivity contribution >= 4 is 0 Å². The summed E-state index contributed by atoms with van der Waals surface area (Å²) in [4.78, 5) is 0. The molecule has 2 heteroatoms. The fraction of sp³-hybridized carbons (Fsp3) is 1.00. The van der Waals surface area contributed by atoms with Crippen LogP contribution in [0.4, 0.5) is 0 Å². The zero-order chi connectivity index (χ0) is 13.5. The maximum absolute atomic E-state index is 5.98. The van der Waals surface area contributed by atoms with Gasteiger partial charge in [-0.2, -0.15) is 0 Å². The molecule has 0 N–H and O–H groups in total. The van der Waals surface area contributed by atoms with Crippen LogP contribution in [-0.4, -0.2) is 26.9 Å². The topological polar surface area (TPSA) is 18.5 Å². The van der Waals surface area contributed by atoms with E-state index in [1.54, 1.807) is 0 Å². The predicted octanol–water partition coefficient (Wildman–Crippen LogP) is 4.42. The standard InChI is InChI=1S/C17H32O2/c1-18-13-16(14-9-5-3-6-10-14)17(19-2)15-11-7-4-8-12-15/h14-17H,3-13H2,1-2H3. The van der Waals surface area contributed by atoms with Crippen LogP contribution in [0.15, 0.2) is 0 Å². The Hall–Kier alpha value is -0.0800. The molecule has 0 aliphatic heterocycles. The van der Waals surface area contributed by atoms with E-state index in [1.807, 2.05) is 14.2 Å². The van der Waals surface area contributed by atoms with Crippen LogP contribution in [-0.2, 0) is 9.47 Å². The van der Waals surface area contributed by atoms with E-state index in [1.165, 1.54) is 64.2 Å². The average Bonchev–Trinajstić information content (AvgIpc) is 2.49. The van der Waals surface area contributed by atoms with Gasteiger partial charge in [0, 0.05) is 20.1 Å². The normalized spacial score (nSPS) is 26.2. The van der Waals surface area contributed by atoms with Crippen LogP contribution in [0.25, 0.3) is 0 Å². The van der Waals surface area contributed by atoms with E-state index >= 15 is 0 Å². The predicted molar refractivity (Wildman–Crippen MR) is 79.3 cm³/mol. The summed E-state index contributed by atoms with van der Waals surface area (Å²) in [6, 6.07) is 0. The Kier molecular flexibility index (Phi) is 6.66. The number of ether oxygens (including phenoxy) is 2. The van der Waals surface area contributed by atoms with Crippen LogP contribution in [0.5, 0.6) is 0 Å². The monoisotopic (exact) mass is 268 g/mol. The Morgan fingerprint density at radius 2 is 1.32 bits per heavy atom. The highest BCUT2D eigenvalue weighted by Gasteiger charge is 2.35. The molecule has 2 rings (SSSR count). The second kappa shape index (κ2) is 8.26. The Balaban J connectivity index is 2.00. The van der Waals surface area contributed by atoms with E-state index in [0.29, 0.717) is 12.0 Å². The van der Waals surface area contributed by atoms with Gasteiger partial charge in [0.15, 0.2) is 0 Å². The van der Waals surface area contributed by atoms with Gasteiger partial charge < -0.3 is 9.47 Å². The molecule has 0 bridgehead atoms. The first-order valence-corrected chi connectivity index (χ1v) is 8.38. The van der Waals surface area contributed by atoms with Crippen molar-refractivity contribution in [3.05, 3.63) is 0 Å². The van der Waals surface area contributed by atoms with Crippen LogP contribution >= 0.6 is 0 Å². The summed E-state index contributed by atoms with van der Waals surface area (Å²) in [7, 11) is 3.77. The number of hydrogen-bond acceptors (Lipinski definition) is 2. The number of hydrogen-bond donors (Lipinski definition) is 0. The maximum atomic E-state index is 5.98. The van der Waals surface area contributed by atoms with Gasteiger partial charge in [-0.25, -0.2) is 0 Å². The molecular weight excluding hydrogens is 236 g/mol. The lowest BCUT2D eigenvalue weighted by molar-refractivity contribution is -0.0579. The molecule has 0 amide bonds. The molecule has 0 heterocycles. The van der Waals surface area contributed by atoms with Crippen molar-refractivity contribution in [1.29, 1.82) is 0 Å². The largest absolute Gasteiger partial charge is 0.384 e. The highest BCUT2D eigenvalue weighted by molar-refractivity contribution is 4.85. The van der Waals surface area contributed by atoms with Gasteiger partial charge in [-0.3, -0.25) is 0 Å². The molecule has 2 aliphatic carbocycles. The molecule has 112 valence electrons. The van der Waals surface area contributed by atoms with E-state index in [9.17, 15) is 0 Å². The molecule has 2 atom stereocenters. The quantitative estimate of drug-likeness (QED) is 0.709. The summed E-state index contributed by atoms with van der Waals surface area (Å²) in [5, 5.41) is 0. The molecule has 2 saturated carbocycles. The molecule has 0 aromatic heterocycles. The molecule has 2 nitrogen and oxygen atoms in total. The van der Waals surface area contributed by atoms with E-state index < -0.39 is 0 Å². The minimum absolute atomic E-state index is 0.434. The van der Waals surface area contributed by atoms with Crippen LogP contribution in [0.1, 0.15) is 64.2 Å². The van der Waals surface area contributed by atoms with E-state index in [4.69, 9.17) is 9.47 Å². The zero-order valence-corrected chi connectivity index (χ0v) is 12.9. The Morgan fingerprint density at radius 1 is 0.789 bits per heavy atom. The summed E-state index contributed by atoms with van der Waals surface area (Å²) in [6.07, 6.45) is 14.4. The van der Waals surface area contributed by atoms with E-state index in [0.717, 1.165) is 18.4 Å². The van der Waals surface area contributed by atoms with Crippen molar-refractivity contribution in [2.24, 2.45) is 17.8 Å². The third kappa shape index (κ3) is 4.19. The van der Waals surface area contributed by atoms with Crippen LogP contribution in [0, 0.1) is 17.8 Å². The minimum atomic E-state index is 0.434. The summed E-state index contributed by atoms with van der Waals surface area (Å²) < 4.78 is 11.5. The number of methoxy groups -OCH3 is 2. The second-order valence-electron chi connectivity index (χ2n) is 6.62. The molecule has 19 heavy (non-hydrogen) atoms. The van der Waals surface area contributed by atoms with Gasteiger partial charge in [0.25, 0.3) is 0 Å². The third-order valence-corrected chi connectivity index (χ3v) is 5.42. The fourth-order valence-electron chi connectivity index (χ4n) is 4.43.